The van der Waals surface area contributed by atoms with E-state index in [0.717, 1.165) is 44.9 Å². The molecule has 0 aliphatic heterocycles. The summed E-state index contributed by atoms with van der Waals surface area (Å²) in [5, 5.41) is 9.61. The van der Waals surface area contributed by atoms with E-state index in [1.165, 1.54) is 154 Å². The van der Waals surface area contributed by atoms with Gasteiger partial charge >= 0.3 is 5.97 Å². The minimum absolute atomic E-state index is 0.175. The van der Waals surface area contributed by atoms with Gasteiger partial charge in [0.25, 0.3) is 0 Å². The fraction of sp³-hybridized carbons (Fsp3) is 0.809. The first-order valence-electron chi connectivity index (χ1n) is 22.2. The third-order valence-electron chi connectivity index (χ3n) is 9.67. The van der Waals surface area contributed by atoms with E-state index in [-0.39, 0.29) is 12.6 Å². The minimum Gasteiger partial charge on any atom is -0.457 e. The van der Waals surface area contributed by atoms with Crippen molar-refractivity contribution in [2.24, 2.45) is 0 Å². The van der Waals surface area contributed by atoms with Crippen molar-refractivity contribution < 1.29 is 19.4 Å². The van der Waals surface area contributed by atoms with Gasteiger partial charge in [-0.05, 0) is 51.4 Å². The molecule has 298 valence electrons. The Kier molecular flexibility index (Phi) is 43.1. The topological polar surface area (TPSA) is 55.8 Å². The van der Waals surface area contributed by atoms with E-state index >= 15 is 0 Å². The maximum atomic E-state index is 12.2. The summed E-state index contributed by atoms with van der Waals surface area (Å²) in [7, 11) is 0. The smallest absolute Gasteiger partial charge is 0.306 e. The van der Waals surface area contributed by atoms with E-state index in [2.05, 4.69) is 62.5 Å². The largest absolute Gasteiger partial charge is 0.457 e. The van der Waals surface area contributed by atoms with Crippen molar-refractivity contribution in [1.29, 1.82) is 0 Å². The Hall–Kier alpha value is -1.65. The Bertz CT molecular complexity index is 798. The first-order valence-corrected chi connectivity index (χ1v) is 22.2. The van der Waals surface area contributed by atoms with Crippen LogP contribution in [0.4, 0.5) is 0 Å². The summed E-state index contributed by atoms with van der Waals surface area (Å²) < 4.78 is 11.2. The first-order chi connectivity index (χ1) is 25.2. The zero-order chi connectivity index (χ0) is 37.0. The Balaban J connectivity index is 3.43. The average molecular weight is 715 g/mol. The van der Waals surface area contributed by atoms with E-state index in [4.69, 9.17) is 9.47 Å². The lowest BCUT2D eigenvalue weighted by Crippen LogP contribution is -2.27. The van der Waals surface area contributed by atoms with Crippen LogP contribution >= 0.6 is 0 Å². The maximum absolute atomic E-state index is 12.2. The molecule has 0 bridgehead atoms. The van der Waals surface area contributed by atoms with E-state index in [1.807, 2.05) is 0 Å². The van der Waals surface area contributed by atoms with Crippen LogP contribution in [0.15, 0.2) is 48.6 Å². The summed E-state index contributed by atoms with van der Waals surface area (Å²) in [5.41, 5.74) is 0. The van der Waals surface area contributed by atoms with Gasteiger partial charge in [0.1, 0.15) is 6.10 Å². The Morgan fingerprint density at radius 2 is 0.882 bits per heavy atom. The third-order valence-corrected chi connectivity index (χ3v) is 9.67. The van der Waals surface area contributed by atoms with Crippen LogP contribution in [-0.2, 0) is 14.3 Å². The second-order valence-electron chi connectivity index (χ2n) is 14.7. The molecule has 0 radical (unpaired) electrons. The normalized spacial score (nSPS) is 12.8. The molecular formula is C47H86O4. The van der Waals surface area contributed by atoms with Gasteiger partial charge in [0.2, 0.25) is 0 Å². The molecule has 0 aliphatic carbocycles. The Morgan fingerprint density at radius 1 is 0.490 bits per heavy atom. The van der Waals surface area contributed by atoms with Crippen molar-refractivity contribution in [3.8, 4) is 0 Å². The van der Waals surface area contributed by atoms with Crippen LogP contribution < -0.4 is 0 Å². The van der Waals surface area contributed by atoms with E-state index < -0.39 is 6.10 Å². The molecule has 0 saturated carbocycles. The molecule has 4 heteroatoms. The molecule has 0 heterocycles. The molecule has 1 N–H and O–H groups in total. The number of carbonyl (C=O) groups excluding carboxylic acids is 1. The summed E-state index contributed by atoms with van der Waals surface area (Å²) in [6, 6.07) is 0. The number of aliphatic hydroxyl groups is 1. The monoisotopic (exact) mass is 715 g/mol. The average Bonchev–Trinajstić information content (AvgIpc) is 3.14. The van der Waals surface area contributed by atoms with Crippen molar-refractivity contribution in [3.63, 3.8) is 0 Å². The van der Waals surface area contributed by atoms with Crippen molar-refractivity contribution in [3.05, 3.63) is 48.6 Å². The molecule has 4 nitrogen and oxygen atoms in total. The van der Waals surface area contributed by atoms with Gasteiger partial charge in [-0.2, -0.15) is 0 Å². The van der Waals surface area contributed by atoms with Crippen LogP contribution in [-0.4, -0.2) is 37.0 Å². The van der Waals surface area contributed by atoms with Crippen LogP contribution in [0.25, 0.3) is 0 Å². The molecular weight excluding hydrogens is 629 g/mol. The fourth-order valence-corrected chi connectivity index (χ4v) is 6.38. The number of rotatable bonds is 41. The molecule has 1 unspecified atom stereocenters. The standard InChI is InChI=1S/C47H86O4/c1-3-5-7-9-11-13-15-17-19-21-23-25-27-29-31-33-35-37-39-41-43-50-45-46(44-48)51-47(49)42-40-38-36-34-32-30-28-26-24-22-20-18-16-14-12-10-8-6-4-2/h5,7,11,13,17,19,23,25,46,48H,3-4,6,8-10,12,14-16,18,20-22,24,26-45H2,1-2H3/b7-5-,13-11-,19-17-,25-23-. The molecule has 0 aromatic carbocycles. The zero-order valence-corrected chi connectivity index (χ0v) is 34.1. The van der Waals surface area contributed by atoms with Crippen LogP contribution in [0.1, 0.15) is 219 Å². The molecule has 0 spiro atoms. The Morgan fingerprint density at radius 3 is 1.33 bits per heavy atom. The highest BCUT2D eigenvalue weighted by atomic mass is 16.6. The molecule has 1 atom stereocenters. The molecule has 51 heavy (non-hydrogen) atoms. The van der Waals surface area contributed by atoms with Crippen LogP contribution in [0.2, 0.25) is 0 Å². The maximum Gasteiger partial charge on any atom is 0.306 e. The Labute approximate surface area is 318 Å². The number of unbranched alkanes of at least 4 members (excludes halogenated alkanes) is 25. The summed E-state index contributed by atoms with van der Waals surface area (Å²) in [6.07, 6.45) is 57.5. The van der Waals surface area contributed by atoms with Crippen LogP contribution in [0.3, 0.4) is 0 Å². The SMILES string of the molecule is CC/C=C\C/C=C\C/C=C\C/C=C\CCCCCCCCCOCC(CO)OC(=O)CCCCCCCCCCCCCCCCCCCCC. The van der Waals surface area contributed by atoms with Crippen LogP contribution in [0, 0.1) is 0 Å². The molecule has 0 aromatic heterocycles. The number of ether oxygens (including phenoxy) is 2. The van der Waals surface area contributed by atoms with Gasteiger partial charge in [-0.25, -0.2) is 0 Å². The van der Waals surface area contributed by atoms with E-state index in [0.29, 0.717) is 19.6 Å². The summed E-state index contributed by atoms with van der Waals surface area (Å²) in [5.74, 6) is -0.202. The van der Waals surface area contributed by atoms with Gasteiger partial charge < -0.3 is 14.6 Å². The number of carbonyl (C=O) groups is 1. The summed E-state index contributed by atoms with van der Waals surface area (Å²) >= 11 is 0. The predicted molar refractivity (Wildman–Crippen MR) is 223 cm³/mol. The molecule has 0 aliphatic rings. The second-order valence-corrected chi connectivity index (χ2v) is 14.7. The summed E-state index contributed by atoms with van der Waals surface area (Å²) in [4.78, 5) is 12.2. The molecule has 0 aromatic rings. The van der Waals surface area contributed by atoms with Crippen molar-refractivity contribution in [2.75, 3.05) is 19.8 Å². The van der Waals surface area contributed by atoms with Crippen molar-refractivity contribution in [1.82, 2.24) is 0 Å². The van der Waals surface area contributed by atoms with Crippen LogP contribution in [0.5, 0.6) is 0 Å². The van der Waals surface area contributed by atoms with Crippen molar-refractivity contribution >= 4 is 5.97 Å². The quantitative estimate of drug-likeness (QED) is 0.0389. The molecule has 0 saturated heterocycles. The summed E-state index contributed by atoms with van der Waals surface area (Å²) in [6.45, 7) is 5.24. The highest BCUT2D eigenvalue weighted by molar-refractivity contribution is 5.69. The lowest BCUT2D eigenvalue weighted by molar-refractivity contribution is -0.154. The predicted octanol–water partition coefficient (Wildman–Crippen LogP) is 14.7. The number of aliphatic hydroxyl groups excluding tert-OH is 1. The van der Waals surface area contributed by atoms with E-state index in [1.54, 1.807) is 0 Å². The number of hydrogen-bond donors (Lipinski definition) is 1. The fourth-order valence-electron chi connectivity index (χ4n) is 6.38. The number of hydrogen-bond acceptors (Lipinski definition) is 4. The minimum atomic E-state index is -0.539. The van der Waals surface area contributed by atoms with Gasteiger partial charge in [-0.3, -0.25) is 4.79 Å². The number of esters is 1. The molecule has 0 amide bonds. The zero-order valence-electron chi connectivity index (χ0n) is 34.1. The van der Waals surface area contributed by atoms with Gasteiger partial charge in [0.15, 0.2) is 0 Å². The lowest BCUT2D eigenvalue weighted by atomic mass is 10.0. The van der Waals surface area contributed by atoms with Gasteiger partial charge in [0, 0.05) is 13.0 Å². The van der Waals surface area contributed by atoms with Gasteiger partial charge in [0.05, 0.1) is 13.2 Å². The van der Waals surface area contributed by atoms with Gasteiger partial charge in [-0.15, -0.1) is 0 Å². The highest BCUT2D eigenvalue weighted by Crippen LogP contribution is 2.15. The number of allylic oxidation sites excluding steroid dienone is 8. The molecule has 0 rings (SSSR count). The second kappa shape index (κ2) is 44.5. The highest BCUT2D eigenvalue weighted by Gasteiger charge is 2.13. The lowest BCUT2D eigenvalue weighted by Gasteiger charge is -2.16. The molecule has 0 fully saturated rings. The van der Waals surface area contributed by atoms with Crippen molar-refractivity contribution in [2.45, 2.75) is 225 Å². The van der Waals surface area contributed by atoms with Gasteiger partial charge in [-0.1, -0.05) is 210 Å². The third kappa shape index (κ3) is 42.7. The first kappa shape index (κ1) is 49.4. The van der Waals surface area contributed by atoms with E-state index in [9.17, 15) is 9.90 Å².